The van der Waals surface area contributed by atoms with Gasteiger partial charge in [-0.2, -0.15) is 0 Å². The van der Waals surface area contributed by atoms with Crippen LogP contribution < -0.4 is 5.32 Å². The number of hydrogen-bond donors (Lipinski definition) is 1. The summed E-state index contributed by atoms with van der Waals surface area (Å²) in [5.74, 6) is 0.817. The van der Waals surface area contributed by atoms with Gasteiger partial charge in [0.2, 0.25) is 0 Å². The Bertz CT molecular complexity index is 264. The zero-order valence-electron chi connectivity index (χ0n) is 13.0. The average Bonchev–Trinajstić information content (AvgIpc) is 2.40. The van der Waals surface area contributed by atoms with Gasteiger partial charge < -0.3 is 15.0 Å². The van der Waals surface area contributed by atoms with Crippen molar-refractivity contribution in [1.29, 1.82) is 0 Å². The van der Waals surface area contributed by atoms with Crippen LogP contribution in [0.5, 0.6) is 0 Å². The van der Waals surface area contributed by atoms with Crippen molar-refractivity contribution >= 4 is 0 Å². The van der Waals surface area contributed by atoms with E-state index in [4.69, 9.17) is 4.74 Å². The van der Waals surface area contributed by atoms with Gasteiger partial charge in [0.15, 0.2) is 0 Å². The zero-order valence-corrected chi connectivity index (χ0v) is 13.0. The molecule has 0 aromatic carbocycles. The highest BCUT2D eigenvalue weighted by molar-refractivity contribution is 4.88. The molecule has 0 amide bonds. The molecule has 0 spiro atoms. The average molecular weight is 269 g/mol. The summed E-state index contributed by atoms with van der Waals surface area (Å²) in [6.45, 7) is 15.0. The molecule has 2 saturated heterocycles. The lowest BCUT2D eigenvalue weighted by atomic mass is 9.74. The van der Waals surface area contributed by atoms with E-state index < -0.39 is 0 Å². The Morgan fingerprint density at radius 1 is 1.11 bits per heavy atom. The molecule has 2 aliphatic heterocycles. The molecule has 2 aliphatic rings. The molecule has 2 heterocycles. The molecule has 0 bridgehead atoms. The van der Waals surface area contributed by atoms with E-state index in [0.717, 1.165) is 38.8 Å². The van der Waals surface area contributed by atoms with Crippen LogP contribution in [-0.2, 0) is 4.74 Å². The lowest BCUT2D eigenvalue weighted by molar-refractivity contribution is 0.0183. The van der Waals surface area contributed by atoms with E-state index >= 15 is 0 Å². The number of likely N-dealkylation sites (tertiary alicyclic amines) is 1. The molecule has 1 N–H and O–H groups in total. The maximum Gasteiger partial charge on any atom is 0.0594 e. The van der Waals surface area contributed by atoms with Crippen molar-refractivity contribution in [3.8, 4) is 0 Å². The molecule has 112 valence electrons. The van der Waals surface area contributed by atoms with E-state index in [-0.39, 0.29) is 0 Å². The number of nitrogens with one attached hydrogen (secondary N) is 1. The van der Waals surface area contributed by atoms with Gasteiger partial charge in [-0.25, -0.2) is 0 Å². The molecule has 1 unspecified atom stereocenters. The Hall–Kier alpha value is -0.160. The summed E-state index contributed by atoms with van der Waals surface area (Å²) in [5.41, 5.74) is 0.437. The van der Waals surface area contributed by atoms with Crippen LogP contribution in [0.1, 0.15) is 20.3 Å². The van der Waals surface area contributed by atoms with Gasteiger partial charge in [-0.15, -0.1) is 0 Å². The molecule has 2 fully saturated rings. The molecule has 4 nitrogen and oxygen atoms in total. The third-order valence-corrected chi connectivity index (χ3v) is 4.82. The fourth-order valence-electron chi connectivity index (χ4n) is 3.44. The highest BCUT2D eigenvalue weighted by Crippen LogP contribution is 2.34. The molecular formula is C15H31N3O. The predicted octanol–water partition coefficient (Wildman–Crippen LogP) is 0.886. The molecule has 0 saturated carbocycles. The van der Waals surface area contributed by atoms with Crippen molar-refractivity contribution in [1.82, 2.24) is 15.1 Å². The van der Waals surface area contributed by atoms with Crippen molar-refractivity contribution < 1.29 is 4.74 Å². The smallest absolute Gasteiger partial charge is 0.0594 e. The topological polar surface area (TPSA) is 27.7 Å². The summed E-state index contributed by atoms with van der Waals surface area (Å²) in [6.07, 6.45) is 1.33. The second kappa shape index (κ2) is 7.02. The second-order valence-corrected chi connectivity index (χ2v) is 6.76. The number of morpholine rings is 1. The lowest BCUT2D eigenvalue weighted by Gasteiger charge is -2.45. The molecule has 0 aromatic heterocycles. The van der Waals surface area contributed by atoms with E-state index in [1.807, 2.05) is 0 Å². The minimum absolute atomic E-state index is 0.437. The van der Waals surface area contributed by atoms with Crippen LogP contribution in [0.3, 0.4) is 0 Å². The summed E-state index contributed by atoms with van der Waals surface area (Å²) < 4.78 is 5.40. The Morgan fingerprint density at radius 3 is 2.42 bits per heavy atom. The van der Waals surface area contributed by atoms with Gasteiger partial charge in [-0.1, -0.05) is 13.8 Å². The monoisotopic (exact) mass is 269 g/mol. The zero-order chi connectivity index (χ0) is 13.7. The molecule has 0 aromatic rings. The molecule has 4 heteroatoms. The second-order valence-electron chi connectivity index (χ2n) is 6.76. The van der Waals surface area contributed by atoms with Gasteiger partial charge >= 0.3 is 0 Å². The fraction of sp³-hybridized carbons (Fsp3) is 1.00. The van der Waals surface area contributed by atoms with Crippen molar-refractivity contribution in [3.05, 3.63) is 0 Å². The Balaban J connectivity index is 1.73. The predicted molar refractivity (Wildman–Crippen MR) is 79.5 cm³/mol. The Labute approximate surface area is 118 Å². The number of hydrogen-bond acceptors (Lipinski definition) is 4. The van der Waals surface area contributed by atoms with Crippen molar-refractivity contribution in [2.24, 2.45) is 11.3 Å². The van der Waals surface area contributed by atoms with Gasteiger partial charge in [-0.3, -0.25) is 4.90 Å². The van der Waals surface area contributed by atoms with Gasteiger partial charge in [0.25, 0.3) is 0 Å². The highest BCUT2D eigenvalue weighted by Gasteiger charge is 2.35. The minimum Gasteiger partial charge on any atom is -0.379 e. The van der Waals surface area contributed by atoms with Gasteiger partial charge in [0, 0.05) is 32.7 Å². The van der Waals surface area contributed by atoms with Crippen LogP contribution in [0.4, 0.5) is 0 Å². The largest absolute Gasteiger partial charge is 0.379 e. The third kappa shape index (κ3) is 4.42. The van der Waals surface area contributed by atoms with Gasteiger partial charge in [0.1, 0.15) is 0 Å². The maximum absolute atomic E-state index is 5.40. The first-order chi connectivity index (χ1) is 9.12. The van der Waals surface area contributed by atoms with Gasteiger partial charge in [0.05, 0.1) is 13.2 Å². The summed E-state index contributed by atoms with van der Waals surface area (Å²) in [4.78, 5) is 5.19. The first-order valence-corrected chi connectivity index (χ1v) is 7.79. The van der Waals surface area contributed by atoms with Crippen LogP contribution in [-0.4, -0.2) is 75.9 Å². The van der Waals surface area contributed by atoms with E-state index in [0.29, 0.717) is 5.41 Å². The number of nitrogens with zero attached hydrogens (tertiary/aromatic N) is 2. The first-order valence-electron chi connectivity index (χ1n) is 7.79. The number of piperidine rings is 1. The van der Waals surface area contributed by atoms with E-state index in [1.54, 1.807) is 0 Å². The lowest BCUT2D eigenvalue weighted by Crippen LogP contribution is -2.50. The Kier molecular flexibility index (Phi) is 5.63. The molecular weight excluding hydrogens is 238 g/mol. The highest BCUT2D eigenvalue weighted by atomic mass is 16.5. The first kappa shape index (κ1) is 15.2. The molecule has 0 aliphatic carbocycles. The maximum atomic E-state index is 5.40. The molecule has 0 radical (unpaired) electrons. The Morgan fingerprint density at radius 2 is 1.79 bits per heavy atom. The standard InChI is InChI=1S/C15H31N3O/c1-15(2)13-18(5-4-14(15)12-16-3)7-6-17-8-10-19-11-9-17/h14,16H,4-13H2,1-3H3. The van der Waals surface area contributed by atoms with E-state index in [2.05, 4.69) is 36.0 Å². The van der Waals surface area contributed by atoms with Gasteiger partial charge in [-0.05, 0) is 37.9 Å². The van der Waals surface area contributed by atoms with Crippen LogP contribution in [0, 0.1) is 11.3 Å². The summed E-state index contributed by atoms with van der Waals surface area (Å²) in [7, 11) is 2.07. The summed E-state index contributed by atoms with van der Waals surface area (Å²) >= 11 is 0. The van der Waals surface area contributed by atoms with Crippen LogP contribution in [0.25, 0.3) is 0 Å². The normalized spacial score (nSPS) is 29.5. The van der Waals surface area contributed by atoms with Crippen LogP contribution in [0.2, 0.25) is 0 Å². The SMILES string of the molecule is CNCC1CCN(CCN2CCOCC2)CC1(C)C. The third-order valence-electron chi connectivity index (χ3n) is 4.82. The van der Waals surface area contributed by atoms with Crippen LogP contribution >= 0.6 is 0 Å². The minimum atomic E-state index is 0.437. The van der Waals surface area contributed by atoms with Crippen LogP contribution in [0.15, 0.2) is 0 Å². The summed E-state index contributed by atoms with van der Waals surface area (Å²) in [6, 6.07) is 0. The van der Waals surface area contributed by atoms with E-state index in [1.165, 1.54) is 32.6 Å². The van der Waals surface area contributed by atoms with Crippen molar-refractivity contribution in [3.63, 3.8) is 0 Å². The van der Waals surface area contributed by atoms with Crippen molar-refractivity contribution in [2.45, 2.75) is 20.3 Å². The summed E-state index contributed by atoms with van der Waals surface area (Å²) in [5, 5.41) is 3.35. The molecule has 19 heavy (non-hydrogen) atoms. The molecule has 2 rings (SSSR count). The number of rotatable bonds is 5. The molecule has 1 atom stereocenters. The number of ether oxygens (including phenoxy) is 1. The van der Waals surface area contributed by atoms with E-state index in [9.17, 15) is 0 Å². The van der Waals surface area contributed by atoms with Crippen molar-refractivity contribution in [2.75, 3.05) is 66.1 Å². The quantitative estimate of drug-likeness (QED) is 0.802. The fourth-order valence-corrected chi connectivity index (χ4v) is 3.44.